The van der Waals surface area contributed by atoms with E-state index in [0.717, 1.165) is 0 Å². The number of carboxylic acids is 2. The number of carbonyl (C=O) groups excluding carboxylic acids is 2. The first-order valence-corrected chi connectivity index (χ1v) is 3.76. The molecular formula is C7H11NO5-2. The van der Waals surface area contributed by atoms with E-state index in [1.54, 1.807) is 0 Å². The summed E-state index contributed by atoms with van der Waals surface area (Å²) in [6.07, 6.45) is 0. The van der Waals surface area contributed by atoms with Crippen molar-refractivity contribution in [3.63, 3.8) is 0 Å². The minimum Gasteiger partial charge on any atom is -0.550 e. The molecule has 0 amide bonds. The Morgan fingerprint density at radius 1 is 1.38 bits per heavy atom. The van der Waals surface area contributed by atoms with E-state index in [-0.39, 0.29) is 13.2 Å². The summed E-state index contributed by atoms with van der Waals surface area (Å²) in [6, 6.07) is -1.34. The van der Waals surface area contributed by atoms with Crippen molar-refractivity contribution in [2.45, 2.75) is 13.0 Å². The van der Waals surface area contributed by atoms with Gasteiger partial charge < -0.3 is 30.2 Å². The second-order valence-electron chi connectivity index (χ2n) is 2.58. The van der Waals surface area contributed by atoms with Crippen LogP contribution in [-0.2, 0) is 9.59 Å². The predicted molar refractivity (Wildman–Crippen MR) is 38.1 cm³/mol. The van der Waals surface area contributed by atoms with Crippen molar-refractivity contribution in [3.05, 3.63) is 0 Å². The number of rotatable bonds is 6. The van der Waals surface area contributed by atoms with Gasteiger partial charge in [-0.05, 0) is 0 Å². The van der Waals surface area contributed by atoms with E-state index >= 15 is 0 Å². The normalized spacial score (nSPS) is 14.9. The molecule has 0 saturated heterocycles. The number of aliphatic hydroxyl groups is 1. The number of nitrogens with one attached hydrogen (secondary N) is 1. The Hall–Kier alpha value is -1.14. The van der Waals surface area contributed by atoms with Crippen molar-refractivity contribution in [2.24, 2.45) is 5.92 Å². The molecular weight excluding hydrogens is 178 g/mol. The topological polar surface area (TPSA) is 113 Å². The standard InChI is InChI=1S/C7H13NO5/c1-4(6(10)11)5(7(12)13)8-2-3-9/h4-5,8-9H,2-3H2,1H3,(H,10,11)(H,12,13)/p-2. The fourth-order valence-electron chi connectivity index (χ4n) is 0.820. The van der Waals surface area contributed by atoms with Crippen molar-refractivity contribution in [1.82, 2.24) is 5.32 Å². The number of aliphatic hydroxyl groups excluding tert-OH is 1. The minimum absolute atomic E-state index is 0.00370. The maximum absolute atomic E-state index is 10.4. The van der Waals surface area contributed by atoms with Gasteiger partial charge in [-0.25, -0.2) is 0 Å². The lowest BCUT2D eigenvalue weighted by Gasteiger charge is -2.26. The molecule has 76 valence electrons. The molecule has 0 saturated carbocycles. The fraction of sp³-hybridized carbons (Fsp3) is 0.714. The third-order valence-corrected chi connectivity index (χ3v) is 1.60. The molecule has 0 aromatic heterocycles. The van der Waals surface area contributed by atoms with E-state index in [4.69, 9.17) is 5.11 Å². The van der Waals surface area contributed by atoms with E-state index in [9.17, 15) is 19.8 Å². The van der Waals surface area contributed by atoms with E-state index in [0.29, 0.717) is 0 Å². The molecule has 2 atom stereocenters. The van der Waals surface area contributed by atoms with Crippen LogP contribution >= 0.6 is 0 Å². The van der Waals surface area contributed by atoms with Crippen LogP contribution in [0.2, 0.25) is 0 Å². The molecule has 2 N–H and O–H groups in total. The smallest absolute Gasteiger partial charge is 0.0590 e. The highest BCUT2D eigenvalue weighted by Gasteiger charge is 2.18. The summed E-state index contributed by atoms with van der Waals surface area (Å²) >= 11 is 0. The number of carboxylic acid groups (broad SMARTS) is 2. The van der Waals surface area contributed by atoms with Crippen LogP contribution in [0.5, 0.6) is 0 Å². The van der Waals surface area contributed by atoms with Gasteiger partial charge in [0.25, 0.3) is 0 Å². The second kappa shape index (κ2) is 5.50. The van der Waals surface area contributed by atoms with Gasteiger partial charge >= 0.3 is 0 Å². The molecule has 0 bridgehead atoms. The maximum Gasteiger partial charge on any atom is 0.0590 e. The molecule has 0 spiro atoms. The average Bonchev–Trinajstić information content (AvgIpc) is 2.04. The van der Waals surface area contributed by atoms with Crippen LogP contribution in [0.1, 0.15) is 6.92 Å². The minimum atomic E-state index is -1.52. The largest absolute Gasteiger partial charge is 0.550 e. The Morgan fingerprint density at radius 2 is 1.92 bits per heavy atom. The summed E-state index contributed by atoms with van der Waals surface area (Å²) in [7, 11) is 0. The third-order valence-electron chi connectivity index (χ3n) is 1.60. The summed E-state index contributed by atoms with van der Waals surface area (Å²) in [5.41, 5.74) is 0. The molecule has 0 aliphatic carbocycles. The highest BCUT2D eigenvalue weighted by molar-refractivity contribution is 5.80. The van der Waals surface area contributed by atoms with Gasteiger partial charge in [-0.2, -0.15) is 0 Å². The van der Waals surface area contributed by atoms with Crippen LogP contribution in [0.25, 0.3) is 0 Å². The number of aliphatic carboxylic acids is 2. The summed E-state index contributed by atoms with van der Waals surface area (Å²) in [5.74, 6) is -4.19. The van der Waals surface area contributed by atoms with Gasteiger partial charge in [0.15, 0.2) is 0 Å². The van der Waals surface area contributed by atoms with Crippen LogP contribution in [0, 0.1) is 5.92 Å². The van der Waals surface area contributed by atoms with Gasteiger partial charge in [0.2, 0.25) is 0 Å². The van der Waals surface area contributed by atoms with Crippen LogP contribution in [-0.4, -0.2) is 36.2 Å². The summed E-state index contributed by atoms with van der Waals surface area (Å²) in [4.78, 5) is 20.7. The first-order valence-electron chi connectivity index (χ1n) is 3.76. The van der Waals surface area contributed by atoms with Crippen molar-refractivity contribution in [1.29, 1.82) is 0 Å². The molecule has 0 aliphatic rings. The first-order chi connectivity index (χ1) is 6.00. The highest BCUT2D eigenvalue weighted by Crippen LogP contribution is 2.00. The zero-order chi connectivity index (χ0) is 10.4. The molecule has 6 nitrogen and oxygen atoms in total. The van der Waals surface area contributed by atoms with Crippen molar-refractivity contribution in [2.75, 3.05) is 13.2 Å². The quantitative estimate of drug-likeness (QED) is 0.441. The summed E-state index contributed by atoms with van der Waals surface area (Å²) < 4.78 is 0. The van der Waals surface area contributed by atoms with Crippen molar-refractivity contribution in [3.8, 4) is 0 Å². The Bertz CT molecular complexity index is 193. The first kappa shape index (κ1) is 11.9. The van der Waals surface area contributed by atoms with E-state index in [1.165, 1.54) is 6.92 Å². The molecule has 0 aromatic carbocycles. The van der Waals surface area contributed by atoms with Gasteiger partial charge in [0.1, 0.15) is 0 Å². The molecule has 2 unspecified atom stereocenters. The molecule has 0 rings (SSSR count). The molecule has 0 fully saturated rings. The maximum atomic E-state index is 10.4. The Morgan fingerprint density at radius 3 is 2.23 bits per heavy atom. The average molecular weight is 189 g/mol. The van der Waals surface area contributed by atoms with Crippen molar-refractivity contribution < 1.29 is 24.9 Å². The summed E-state index contributed by atoms with van der Waals surface area (Å²) in [6.45, 7) is 0.917. The third kappa shape index (κ3) is 3.86. The monoisotopic (exact) mass is 189 g/mol. The van der Waals surface area contributed by atoms with Gasteiger partial charge in [-0.15, -0.1) is 0 Å². The van der Waals surface area contributed by atoms with Gasteiger partial charge in [-0.3, -0.25) is 0 Å². The Kier molecular flexibility index (Phi) is 5.01. The molecule has 0 aliphatic heterocycles. The van der Waals surface area contributed by atoms with Gasteiger partial charge in [0, 0.05) is 18.4 Å². The number of carbonyl (C=O) groups is 2. The second-order valence-corrected chi connectivity index (χ2v) is 2.58. The zero-order valence-corrected chi connectivity index (χ0v) is 7.15. The molecule has 6 heteroatoms. The van der Waals surface area contributed by atoms with Gasteiger partial charge in [0.05, 0.1) is 18.6 Å². The highest BCUT2D eigenvalue weighted by atomic mass is 16.4. The summed E-state index contributed by atoms with van der Waals surface area (Å²) in [5, 5.41) is 31.4. The van der Waals surface area contributed by atoms with Crippen LogP contribution < -0.4 is 15.5 Å². The lowest BCUT2D eigenvalue weighted by Crippen LogP contribution is -2.54. The number of hydrogen-bond donors (Lipinski definition) is 2. The van der Waals surface area contributed by atoms with Crippen LogP contribution in [0.15, 0.2) is 0 Å². The fourth-order valence-corrected chi connectivity index (χ4v) is 0.820. The van der Waals surface area contributed by atoms with Crippen LogP contribution in [0.4, 0.5) is 0 Å². The van der Waals surface area contributed by atoms with E-state index in [1.807, 2.05) is 0 Å². The van der Waals surface area contributed by atoms with E-state index in [2.05, 4.69) is 5.32 Å². The molecule has 13 heavy (non-hydrogen) atoms. The van der Waals surface area contributed by atoms with Gasteiger partial charge in [-0.1, -0.05) is 6.92 Å². The number of hydrogen-bond acceptors (Lipinski definition) is 6. The Balaban J connectivity index is 4.24. The molecule has 0 aromatic rings. The molecule has 0 heterocycles. The Labute approximate surface area is 75.2 Å². The lowest BCUT2D eigenvalue weighted by atomic mass is 10.0. The lowest BCUT2D eigenvalue weighted by molar-refractivity contribution is -0.322. The molecule has 0 radical (unpaired) electrons. The van der Waals surface area contributed by atoms with Crippen LogP contribution in [0.3, 0.4) is 0 Å². The zero-order valence-electron chi connectivity index (χ0n) is 7.15. The SMILES string of the molecule is CC(C(=O)[O-])C(NCCO)C(=O)[O-]. The predicted octanol–water partition coefficient (Wildman–Crippen LogP) is -3.93. The van der Waals surface area contributed by atoms with E-state index < -0.39 is 23.9 Å². The van der Waals surface area contributed by atoms with Crippen molar-refractivity contribution >= 4 is 11.9 Å².